The van der Waals surface area contributed by atoms with Gasteiger partial charge in [0.2, 0.25) is 11.6 Å². The van der Waals surface area contributed by atoms with Gasteiger partial charge in [0.1, 0.15) is 11.5 Å². The maximum atomic E-state index is 14.5. The van der Waals surface area contributed by atoms with E-state index in [1.807, 2.05) is 170 Å². The van der Waals surface area contributed by atoms with E-state index in [0.717, 1.165) is 32.1 Å². The van der Waals surface area contributed by atoms with E-state index < -0.39 is 24.0 Å². The molecule has 2 aliphatic rings. The molecule has 0 spiro atoms. The summed E-state index contributed by atoms with van der Waals surface area (Å²) in [7, 11) is 0. The van der Waals surface area contributed by atoms with Crippen LogP contribution < -0.4 is 0 Å². The van der Waals surface area contributed by atoms with Crippen LogP contribution in [0.3, 0.4) is 0 Å². The van der Waals surface area contributed by atoms with Gasteiger partial charge in [0.15, 0.2) is 12.2 Å². The molecule has 6 aromatic carbocycles. The number of ether oxygens (including phenoxy) is 2. The van der Waals surface area contributed by atoms with Gasteiger partial charge >= 0.3 is 0 Å². The van der Waals surface area contributed by atoms with Crippen LogP contribution in [0.15, 0.2) is 180 Å². The van der Waals surface area contributed by atoms with Crippen LogP contribution in [-0.4, -0.2) is 23.8 Å². The highest BCUT2D eigenvalue weighted by Gasteiger charge is 2.48. The molecular formula is C46H32Cl2O4S. The number of ketones is 2. The zero-order chi connectivity index (χ0) is 36.3. The van der Waals surface area contributed by atoms with Gasteiger partial charge in [-0.05, 0) is 59.7 Å². The third kappa shape index (κ3) is 7.08. The quantitative estimate of drug-likeness (QED) is 0.130. The van der Waals surface area contributed by atoms with Crippen molar-refractivity contribution in [3.8, 4) is 0 Å². The summed E-state index contributed by atoms with van der Waals surface area (Å²) >= 11 is 14.3. The SMILES string of the molecule is O=C(c1ccccc1)[C@H]1OC(c2ccc(Cl)cc2)=C(SC2=C(c3ccc(Cl)cc3)O[C@H](C(=O)c3ccccc3)[C@H]2c2ccccc2)[C@@H]1c1ccccc1. The lowest BCUT2D eigenvalue weighted by Gasteiger charge is -2.23. The molecular weight excluding hydrogens is 719 g/mol. The van der Waals surface area contributed by atoms with Crippen LogP contribution in [0.1, 0.15) is 54.8 Å². The summed E-state index contributed by atoms with van der Waals surface area (Å²) in [6.45, 7) is 0. The van der Waals surface area contributed by atoms with E-state index in [-0.39, 0.29) is 11.6 Å². The molecule has 0 unspecified atom stereocenters. The zero-order valence-corrected chi connectivity index (χ0v) is 30.6. The Morgan fingerprint density at radius 3 is 1.09 bits per heavy atom. The summed E-state index contributed by atoms with van der Waals surface area (Å²) in [5.74, 6) is -0.0943. The molecule has 7 heteroatoms. The molecule has 0 bridgehead atoms. The highest BCUT2D eigenvalue weighted by molar-refractivity contribution is 8.07. The van der Waals surface area contributed by atoms with Crippen molar-refractivity contribution < 1.29 is 19.1 Å². The maximum absolute atomic E-state index is 14.5. The van der Waals surface area contributed by atoms with E-state index >= 15 is 0 Å². The Morgan fingerprint density at radius 2 is 0.755 bits per heavy atom. The molecule has 0 amide bonds. The predicted molar refractivity (Wildman–Crippen MR) is 214 cm³/mol. The number of hydrogen-bond acceptors (Lipinski definition) is 5. The lowest BCUT2D eigenvalue weighted by Crippen LogP contribution is -2.28. The van der Waals surface area contributed by atoms with Crippen molar-refractivity contribution in [2.24, 2.45) is 0 Å². The minimum Gasteiger partial charge on any atom is -0.480 e. The fourth-order valence-electron chi connectivity index (χ4n) is 6.94. The average Bonchev–Trinajstić information content (AvgIpc) is 3.78. The number of benzene rings is 6. The monoisotopic (exact) mass is 750 g/mol. The van der Waals surface area contributed by atoms with Crippen molar-refractivity contribution in [3.05, 3.63) is 223 Å². The molecule has 0 fully saturated rings. The minimum absolute atomic E-state index is 0.132. The molecule has 0 radical (unpaired) electrons. The molecule has 2 heterocycles. The molecule has 8 rings (SSSR count). The summed E-state index contributed by atoms with van der Waals surface area (Å²) in [4.78, 5) is 30.6. The molecule has 2 aliphatic heterocycles. The summed E-state index contributed by atoms with van der Waals surface area (Å²) in [6.07, 6.45) is -1.74. The van der Waals surface area contributed by atoms with E-state index in [4.69, 9.17) is 32.7 Å². The van der Waals surface area contributed by atoms with Crippen LogP contribution in [0.4, 0.5) is 0 Å². The molecule has 260 valence electrons. The van der Waals surface area contributed by atoms with Crippen LogP contribution in [0.2, 0.25) is 10.0 Å². The van der Waals surface area contributed by atoms with Gasteiger partial charge in [-0.1, -0.05) is 156 Å². The smallest absolute Gasteiger partial charge is 0.204 e. The Labute approximate surface area is 322 Å². The fourth-order valence-corrected chi connectivity index (χ4v) is 8.72. The van der Waals surface area contributed by atoms with E-state index in [2.05, 4.69) is 0 Å². The third-order valence-electron chi connectivity index (χ3n) is 9.49. The number of halogens is 2. The Balaban J connectivity index is 1.35. The van der Waals surface area contributed by atoms with Crippen molar-refractivity contribution in [1.29, 1.82) is 0 Å². The minimum atomic E-state index is -0.869. The summed E-state index contributed by atoms with van der Waals surface area (Å²) in [6, 6.07) is 53.3. The van der Waals surface area contributed by atoms with Crippen LogP contribution in [0.25, 0.3) is 11.5 Å². The third-order valence-corrected chi connectivity index (χ3v) is 11.3. The Morgan fingerprint density at radius 1 is 0.434 bits per heavy atom. The van der Waals surface area contributed by atoms with Crippen LogP contribution in [0.5, 0.6) is 0 Å². The molecule has 53 heavy (non-hydrogen) atoms. The van der Waals surface area contributed by atoms with Gasteiger partial charge in [-0.25, -0.2) is 0 Å². The van der Waals surface area contributed by atoms with Crippen molar-refractivity contribution in [1.82, 2.24) is 0 Å². The first-order valence-electron chi connectivity index (χ1n) is 17.3. The number of thioether (sulfide) groups is 1. The highest BCUT2D eigenvalue weighted by Crippen LogP contribution is 2.57. The zero-order valence-electron chi connectivity index (χ0n) is 28.3. The normalized spacial score (nSPS) is 19.5. The van der Waals surface area contributed by atoms with Gasteiger partial charge in [0.25, 0.3) is 0 Å². The Hall–Kier alpha value is -5.33. The fraction of sp³-hybridized carbons (Fsp3) is 0.0870. The van der Waals surface area contributed by atoms with Crippen molar-refractivity contribution >= 4 is 58.0 Å². The molecule has 0 N–H and O–H groups in total. The Bertz CT molecular complexity index is 2140. The summed E-state index contributed by atoms with van der Waals surface area (Å²) in [5, 5.41) is 1.17. The Kier molecular flexibility index (Phi) is 10.1. The predicted octanol–water partition coefficient (Wildman–Crippen LogP) is 11.9. The first kappa shape index (κ1) is 34.7. The van der Waals surface area contributed by atoms with Gasteiger partial charge in [0.05, 0.1) is 11.8 Å². The van der Waals surface area contributed by atoms with Crippen molar-refractivity contribution in [2.75, 3.05) is 0 Å². The standard InChI is InChI=1S/C46H32Cl2O4S/c47-35-25-21-33(22-26-35)41-45(37(29-13-5-1-6-14-29)43(51-41)39(49)31-17-9-3-10-18-31)53-46-38(30-15-7-2-8-16-30)44(40(50)32-19-11-4-12-20-32)52-42(46)34-23-27-36(48)28-24-34/h1-28,37-38,43-44H/t37-,38-,43+,44+/m1/s1. The molecule has 0 saturated heterocycles. The van der Waals surface area contributed by atoms with Gasteiger partial charge in [0, 0.05) is 42.1 Å². The number of Topliss-reactive ketones (excluding diaryl/α,β-unsaturated/α-hetero) is 2. The number of carbonyl (C=O) groups is 2. The number of carbonyl (C=O) groups excluding carboxylic acids is 2. The van der Waals surface area contributed by atoms with Gasteiger partial charge in [-0.3, -0.25) is 9.59 Å². The van der Waals surface area contributed by atoms with E-state index in [1.54, 1.807) is 0 Å². The largest absolute Gasteiger partial charge is 0.480 e. The second-order valence-corrected chi connectivity index (χ2v) is 14.8. The lowest BCUT2D eigenvalue weighted by atomic mass is 9.89. The first-order chi connectivity index (χ1) is 26.0. The molecule has 0 aromatic heterocycles. The topological polar surface area (TPSA) is 52.6 Å². The van der Waals surface area contributed by atoms with Crippen LogP contribution in [-0.2, 0) is 9.47 Å². The van der Waals surface area contributed by atoms with Crippen molar-refractivity contribution in [3.63, 3.8) is 0 Å². The number of hydrogen-bond donors (Lipinski definition) is 0. The van der Waals surface area contributed by atoms with Gasteiger partial charge in [-0.2, -0.15) is 0 Å². The van der Waals surface area contributed by atoms with Gasteiger partial charge in [-0.15, -0.1) is 0 Å². The summed E-state index contributed by atoms with van der Waals surface area (Å²) < 4.78 is 13.7. The first-order valence-corrected chi connectivity index (χ1v) is 18.8. The van der Waals surface area contributed by atoms with Crippen LogP contribution >= 0.6 is 35.0 Å². The van der Waals surface area contributed by atoms with E-state index in [0.29, 0.717) is 32.7 Å². The molecule has 0 saturated carbocycles. The average molecular weight is 752 g/mol. The molecule has 6 aromatic rings. The van der Waals surface area contributed by atoms with Gasteiger partial charge < -0.3 is 9.47 Å². The molecule has 0 aliphatic carbocycles. The van der Waals surface area contributed by atoms with Crippen molar-refractivity contribution in [2.45, 2.75) is 24.0 Å². The number of rotatable bonds is 10. The maximum Gasteiger partial charge on any atom is 0.204 e. The van der Waals surface area contributed by atoms with E-state index in [1.165, 1.54) is 11.8 Å². The highest BCUT2D eigenvalue weighted by atomic mass is 35.5. The second kappa shape index (κ2) is 15.3. The van der Waals surface area contributed by atoms with E-state index in [9.17, 15) is 9.59 Å². The molecule has 4 nitrogen and oxygen atoms in total. The second-order valence-electron chi connectivity index (χ2n) is 12.8. The summed E-state index contributed by atoms with van der Waals surface area (Å²) in [5.41, 5.74) is 4.52. The van der Waals surface area contributed by atoms with Crippen LogP contribution in [0, 0.1) is 0 Å². The lowest BCUT2D eigenvalue weighted by molar-refractivity contribution is 0.0750. The molecule has 4 atom stereocenters.